The Balaban J connectivity index is 1.81. The molecule has 0 fully saturated rings. The Labute approximate surface area is 155 Å². The third-order valence-electron chi connectivity index (χ3n) is 4.14. The molecule has 0 N–H and O–H groups in total. The van der Waals surface area contributed by atoms with E-state index in [-0.39, 0.29) is 17.0 Å². The van der Waals surface area contributed by atoms with Crippen LogP contribution in [-0.4, -0.2) is 32.6 Å². The van der Waals surface area contributed by atoms with Gasteiger partial charge >= 0.3 is 0 Å². The van der Waals surface area contributed by atoms with E-state index >= 15 is 0 Å². The Kier molecular flexibility index (Phi) is 5.06. The molecule has 1 atom stereocenters. The minimum atomic E-state index is -0.180. The van der Waals surface area contributed by atoms with Gasteiger partial charge in [0.25, 0.3) is 5.91 Å². The van der Waals surface area contributed by atoms with Gasteiger partial charge in [-0.1, -0.05) is 41.4 Å². The maximum atomic E-state index is 12.7. The topological polar surface area (TPSA) is 51.0 Å². The summed E-state index contributed by atoms with van der Waals surface area (Å²) in [5, 5.41) is 4.74. The Bertz CT molecular complexity index is 879. The largest absolute Gasteiger partial charge is 0.335 e. The number of rotatable bonds is 4. The molecule has 0 saturated carbocycles. The summed E-state index contributed by atoms with van der Waals surface area (Å²) >= 11 is 12.2. The molecule has 0 spiro atoms. The lowest BCUT2D eigenvalue weighted by atomic mass is 10.1. The summed E-state index contributed by atoms with van der Waals surface area (Å²) in [5.74, 6) is -0.180. The van der Waals surface area contributed by atoms with Gasteiger partial charge in [-0.05, 0) is 36.8 Å². The highest BCUT2D eigenvalue weighted by molar-refractivity contribution is 6.43. The van der Waals surface area contributed by atoms with Crippen LogP contribution >= 0.6 is 23.2 Å². The maximum Gasteiger partial charge on any atom is 0.255 e. The van der Waals surface area contributed by atoms with Crippen molar-refractivity contribution in [1.82, 2.24) is 19.7 Å². The number of halogens is 2. The zero-order chi connectivity index (χ0) is 18.0. The van der Waals surface area contributed by atoms with Gasteiger partial charge in [0.2, 0.25) is 0 Å². The molecule has 3 rings (SSSR count). The van der Waals surface area contributed by atoms with Gasteiger partial charge in [-0.25, -0.2) is 9.67 Å². The van der Waals surface area contributed by atoms with Crippen molar-refractivity contribution in [2.75, 3.05) is 7.05 Å². The van der Waals surface area contributed by atoms with Gasteiger partial charge in [0, 0.05) is 7.05 Å². The zero-order valence-electron chi connectivity index (χ0n) is 13.7. The quantitative estimate of drug-likeness (QED) is 0.679. The van der Waals surface area contributed by atoms with Crippen LogP contribution in [0.1, 0.15) is 28.9 Å². The van der Waals surface area contributed by atoms with E-state index in [4.69, 9.17) is 23.2 Å². The summed E-state index contributed by atoms with van der Waals surface area (Å²) in [7, 11) is 1.75. The van der Waals surface area contributed by atoms with E-state index in [1.807, 2.05) is 31.2 Å². The number of benzene rings is 2. The molecule has 3 aromatic rings. The first-order valence-electron chi connectivity index (χ1n) is 7.65. The lowest BCUT2D eigenvalue weighted by Crippen LogP contribution is -2.29. The third kappa shape index (κ3) is 3.52. The van der Waals surface area contributed by atoms with Gasteiger partial charge in [-0.15, -0.1) is 0 Å². The van der Waals surface area contributed by atoms with Crippen LogP contribution in [-0.2, 0) is 0 Å². The molecule has 1 heterocycles. The van der Waals surface area contributed by atoms with Gasteiger partial charge in [-0.3, -0.25) is 4.79 Å². The molecule has 128 valence electrons. The highest BCUT2D eigenvalue weighted by atomic mass is 35.5. The van der Waals surface area contributed by atoms with Crippen LogP contribution in [0.25, 0.3) is 5.69 Å². The number of amides is 1. The van der Waals surface area contributed by atoms with E-state index in [2.05, 4.69) is 10.1 Å². The average Bonchev–Trinajstić information content (AvgIpc) is 3.17. The van der Waals surface area contributed by atoms with Crippen molar-refractivity contribution in [2.24, 2.45) is 0 Å². The van der Waals surface area contributed by atoms with Crippen molar-refractivity contribution in [3.8, 4) is 5.69 Å². The highest BCUT2D eigenvalue weighted by Gasteiger charge is 2.21. The molecule has 1 aromatic heterocycles. The van der Waals surface area contributed by atoms with Crippen molar-refractivity contribution in [1.29, 1.82) is 0 Å². The Morgan fingerprint density at radius 1 is 1.16 bits per heavy atom. The van der Waals surface area contributed by atoms with Crippen LogP contribution in [0.2, 0.25) is 10.0 Å². The molecule has 25 heavy (non-hydrogen) atoms. The van der Waals surface area contributed by atoms with E-state index in [0.29, 0.717) is 10.6 Å². The van der Waals surface area contributed by atoms with E-state index < -0.39 is 0 Å². The summed E-state index contributed by atoms with van der Waals surface area (Å²) in [5.41, 5.74) is 2.29. The molecule has 0 saturated heterocycles. The molecule has 0 aliphatic heterocycles. The van der Waals surface area contributed by atoms with Crippen LogP contribution in [0, 0.1) is 0 Å². The number of carbonyl (C=O) groups excluding carboxylic acids is 1. The summed E-state index contributed by atoms with van der Waals surface area (Å²) in [6.07, 6.45) is 3.12. The van der Waals surface area contributed by atoms with Gasteiger partial charge < -0.3 is 4.90 Å². The van der Waals surface area contributed by atoms with Crippen molar-refractivity contribution < 1.29 is 4.79 Å². The van der Waals surface area contributed by atoms with Gasteiger partial charge in [0.05, 0.1) is 27.3 Å². The number of aromatic nitrogens is 3. The third-order valence-corrected chi connectivity index (χ3v) is 4.96. The van der Waals surface area contributed by atoms with Crippen molar-refractivity contribution in [3.63, 3.8) is 0 Å². The van der Waals surface area contributed by atoms with Crippen LogP contribution in [0.3, 0.4) is 0 Å². The fraction of sp³-hybridized carbons (Fsp3) is 0.167. The minimum Gasteiger partial charge on any atom is -0.335 e. The Morgan fingerprint density at radius 2 is 1.88 bits per heavy atom. The SMILES string of the molecule is C[C@H](c1ccc(-n2cncn2)cc1)N(C)C(=O)c1cccc(Cl)c1Cl. The standard InChI is InChI=1S/C18H16Cl2N4O/c1-12(13-6-8-14(9-7-13)24-11-21-10-22-24)23(2)18(25)15-4-3-5-16(19)17(15)20/h3-12H,1-2H3/t12-/m1/s1. The fourth-order valence-corrected chi connectivity index (χ4v) is 2.89. The van der Waals surface area contributed by atoms with Gasteiger partial charge in [-0.2, -0.15) is 5.10 Å². The van der Waals surface area contributed by atoms with Crippen LogP contribution in [0.5, 0.6) is 0 Å². The van der Waals surface area contributed by atoms with Crippen LogP contribution in [0.15, 0.2) is 55.1 Å². The predicted molar refractivity (Wildman–Crippen MR) is 98.3 cm³/mol. The highest BCUT2D eigenvalue weighted by Crippen LogP contribution is 2.29. The molecule has 0 radical (unpaired) electrons. The summed E-state index contributed by atoms with van der Waals surface area (Å²) in [4.78, 5) is 18.3. The van der Waals surface area contributed by atoms with Crippen molar-refractivity contribution in [3.05, 3.63) is 76.3 Å². The van der Waals surface area contributed by atoms with Crippen molar-refractivity contribution in [2.45, 2.75) is 13.0 Å². The fourth-order valence-electron chi connectivity index (χ4n) is 2.51. The Hall–Kier alpha value is -2.37. The van der Waals surface area contributed by atoms with E-state index in [1.54, 1.807) is 41.2 Å². The maximum absolute atomic E-state index is 12.7. The number of hydrogen-bond donors (Lipinski definition) is 0. The predicted octanol–water partition coefficient (Wildman–Crippen LogP) is 4.41. The monoisotopic (exact) mass is 374 g/mol. The molecule has 0 aliphatic carbocycles. The summed E-state index contributed by atoms with van der Waals surface area (Å²) < 4.78 is 1.68. The number of nitrogens with zero attached hydrogens (tertiary/aromatic N) is 4. The second-order valence-corrected chi connectivity index (χ2v) is 6.41. The molecule has 2 aromatic carbocycles. The van der Waals surface area contributed by atoms with E-state index in [9.17, 15) is 4.79 Å². The van der Waals surface area contributed by atoms with Crippen molar-refractivity contribution >= 4 is 29.1 Å². The second-order valence-electron chi connectivity index (χ2n) is 5.62. The normalized spacial score (nSPS) is 12.0. The average molecular weight is 375 g/mol. The molecule has 1 amide bonds. The smallest absolute Gasteiger partial charge is 0.255 e. The second kappa shape index (κ2) is 7.25. The van der Waals surface area contributed by atoms with Gasteiger partial charge in [0.15, 0.2) is 0 Å². The van der Waals surface area contributed by atoms with Crippen LogP contribution in [0.4, 0.5) is 0 Å². The summed E-state index contributed by atoms with van der Waals surface area (Å²) in [6, 6.07) is 12.7. The van der Waals surface area contributed by atoms with Gasteiger partial charge in [0.1, 0.15) is 12.7 Å². The molecular formula is C18H16Cl2N4O. The first kappa shape index (κ1) is 17.5. The minimum absolute atomic E-state index is 0.132. The molecule has 0 unspecified atom stereocenters. The van der Waals surface area contributed by atoms with E-state index in [0.717, 1.165) is 11.3 Å². The van der Waals surface area contributed by atoms with Crippen LogP contribution < -0.4 is 0 Å². The zero-order valence-corrected chi connectivity index (χ0v) is 15.2. The lowest BCUT2D eigenvalue weighted by molar-refractivity contribution is 0.0743. The first-order valence-corrected chi connectivity index (χ1v) is 8.40. The molecule has 0 aliphatic rings. The Morgan fingerprint density at radius 3 is 2.52 bits per heavy atom. The number of carbonyl (C=O) groups is 1. The molecular weight excluding hydrogens is 359 g/mol. The summed E-state index contributed by atoms with van der Waals surface area (Å²) in [6.45, 7) is 1.96. The molecule has 0 bridgehead atoms. The number of hydrogen-bond acceptors (Lipinski definition) is 3. The lowest BCUT2D eigenvalue weighted by Gasteiger charge is -2.26. The molecule has 7 heteroatoms. The first-order chi connectivity index (χ1) is 12.0. The van der Waals surface area contributed by atoms with E-state index in [1.165, 1.54) is 6.33 Å². The molecule has 5 nitrogen and oxygen atoms in total.